The van der Waals surface area contributed by atoms with Gasteiger partial charge >= 0.3 is 0 Å². The van der Waals surface area contributed by atoms with Gasteiger partial charge in [0.05, 0.1) is 5.69 Å². The molecule has 0 radical (unpaired) electrons. The zero-order valence-electron chi connectivity index (χ0n) is 8.33. The van der Waals surface area contributed by atoms with Gasteiger partial charge in [0.2, 0.25) is 0 Å². The Hall–Kier alpha value is -0.960. The first kappa shape index (κ1) is 10.1. The van der Waals surface area contributed by atoms with Crippen molar-refractivity contribution >= 4 is 0 Å². The van der Waals surface area contributed by atoms with Crippen LogP contribution < -0.4 is 5.32 Å². The van der Waals surface area contributed by atoms with Gasteiger partial charge in [-0.1, -0.05) is 13.8 Å². The third-order valence-corrected chi connectivity index (χ3v) is 1.73. The molecule has 0 saturated carbocycles. The predicted molar refractivity (Wildman–Crippen MR) is 53.4 cm³/mol. The topological polar surface area (TPSA) is 37.8 Å². The lowest BCUT2D eigenvalue weighted by molar-refractivity contribution is 0.552. The van der Waals surface area contributed by atoms with Gasteiger partial charge in [0.1, 0.15) is 0 Å². The molecule has 0 aliphatic carbocycles. The molecule has 72 valence electrons. The van der Waals surface area contributed by atoms with E-state index in [1.807, 2.05) is 6.20 Å². The fourth-order valence-electron chi connectivity index (χ4n) is 1.07. The molecule has 13 heavy (non-hydrogen) atoms. The Morgan fingerprint density at radius 2 is 2.23 bits per heavy atom. The molecule has 0 spiro atoms. The van der Waals surface area contributed by atoms with Crippen LogP contribution in [0.25, 0.3) is 0 Å². The standard InChI is InChI=1S/C10H17N3/c1-9(2)7-11-4-3-10-8-12-5-6-13-10/h5-6,8-9,11H,3-4,7H2,1-2H3. The minimum absolute atomic E-state index is 0.710. The summed E-state index contributed by atoms with van der Waals surface area (Å²) in [7, 11) is 0. The molecule has 0 aliphatic rings. The highest BCUT2D eigenvalue weighted by Crippen LogP contribution is 1.91. The van der Waals surface area contributed by atoms with E-state index in [-0.39, 0.29) is 0 Å². The molecule has 1 aromatic rings. The van der Waals surface area contributed by atoms with Gasteiger partial charge < -0.3 is 5.32 Å². The van der Waals surface area contributed by atoms with Crippen molar-refractivity contribution < 1.29 is 0 Å². The van der Waals surface area contributed by atoms with Crippen molar-refractivity contribution in [2.24, 2.45) is 5.92 Å². The minimum Gasteiger partial charge on any atom is -0.316 e. The summed E-state index contributed by atoms with van der Waals surface area (Å²) in [6.07, 6.45) is 6.21. The van der Waals surface area contributed by atoms with Crippen LogP contribution in [0.2, 0.25) is 0 Å². The highest BCUT2D eigenvalue weighted by Gasteiger charge is 1.94. The summed E-state index contributed by atoms with van der Waals surface area (Å²) in [6, 6.07) is 0. The van der Waals surface area contributed by atoms with Crippen LogP contribution in [0.4, 0.5) is 0 Å². The molecule has 0 fully saturated rings. The Balaban J connectivity index is 2.13. The SMILES string of the molecule is CC(C)CNCCc1cnccn1. The average molecular weight is 179 g/mol. The summed E-state index contributed by atoms with van der Waals surface area (Å²) in [5.41, 5.74) is 1.05. The van der Waals surface area contributed by atoms with Gasteiger partial charge in [-0.25, -0.2) is 0 Å². The first-order chi connectivity index (χ1) is 6.29. The molecule has 1 rings (SSSR count). The molecule has 0 aromatic carbocycles. The zero-order chi connectivity index (χ0) is 9.52. The Morgan fingerprint density at radius 3 is 2.85 bits per heavy atom. The maximum Gasteiger partial charge on any atom is 0.0599 e. The third kappa shape index (κ3) is 4.58. The van der Waals surface area contributed by atoms with Crippen LogP contribution in [0, 0.1) is 5.92 Å². The van der Waals surface area contributed by atoms with Gasteiger partial charge in [0.15, 0.2) is 0 Å². The molecule has 1 aromatic heterocycles. The molecule has 0 saturated heterocycles. The highest BCUT2D eigenvalue weighted by molar-refractivity contribution is 4.94. The molecular weight excluding hydrogens is 162 g/mol. The van der Waals surface area contributed by atoms with Crippen LogP contribution in [0.1, 0.15) is 19.5 Å². The lowest BCUT2D eigenvalue weighted by Gasteiger charge is -2.06. The normalized spacial score (nSPS) is 10.7. The van der Waals surface area contributed by atoms with Crippen molar-refractivity contribution in [2.75, 3.05) is 13.1 Å². The smallest absolute Gasteiger partial charge is 0.0599 e. The lowest BCUT2D eigenvalue weighted by Crippen LogP contribution is -2.22. The highest BCUT2D eigenvalue weighted by atomic mass is 14.9. The van der Waals surface area contributed by atoms with E-state index in [2.05, 4.69) is 29.1 Å². The quantitative estimate of drug-likeness (QED) is 0.692. The van der Waals surface area contributed by atoms with Gasteiger partial charge in [0.25, 0.3) is 0 Å². The van der Waals surface area contributed by atoms with Crippen LogP contribution in [0.3, 0.4) is 0 Å². The van der Waals surface area contributed by atoms with E-state index in [0.717, 1.165) is 25.2 Å². The molecule has 3 heteroatoms. The average Bonchev–Trinajstić information content (AvgIpc) is 2.14. The summed E-state index contributed by atoms with van der Waals surface area (Å²) in [5.74, 6) is 0.710. The van der Waals surface area contributed by atoms with E-state index in [4.69, 9.17) is 0 Å². The minimum atomic E-state index is 0.710. The van der Waals surface area contributed by atoms with Gasteiger partial charge in [0, 0.05) is 31.6 Å². The van der Waals surface area contributed by atoms with E-state index >= 15 is 0 Å². The molecule has 0 bridgehead atoms. The van der Waals surface area contributed by atoms with Crippen LogP contribution >= 0.6 is 0 Å². The van der Waals surface area contributed by atoms with E-state index in [1.165, 1.54) is 0 Å². The number of rotatable bonds is 5. The summed E-state index contributed by atoms with van der Waals surface area (Å²) < 4.78 is 0. The molecule has 0 aliphatic heterocycles. The Morgan fingerprint density at radius 1 is 1.38 bits per heavy atom. The zero-order valence-corrected chi connectivity index (χ0v) is 8.33. The van der Waals surface area contributed by atoms with Crippen molar-refractivity contribution in [1.29, 1.82) is 0 Å². The Labute approximate surface area is 79.6 Å². The Kier molecular flexibility index (Phi) is 4.40. The van der Waals surface area contributed by atoms with Crippen molar-refractivity contribution in [3.05, 3.63) is 24.3 Å². The van der Waals surface area contributed by atoms with Gasteiger partial charge in [-0.05, 0) is 12.5 Å². The van der Waals surface area contributed by atoms with Crippen molar-refractivity contribution in [2.45, 2.75) is 20.3 Å². The van der Waals surface area contributed by atoms with Crippen molar-refractivity contribution in [1.82, 2.24) is 15.3 Å². The van der Waals surface area contributed by atoms with E-state index in [0.29, 0.717) is 5.92 Å². The number of nitrogens with one attached hydrogen (secondary N) is 1. The first-order valence-electron chi connectivity index (χ1n) is 4.74. The largest absolute Gasteiger partial charge is 0.316 e. The molecule has 1 heterocycles. The summed E-state index contributed by atoms with van der Waals surface area (Å²) in [5, 5.41) is 3.37. The second kappa shape index (κ2) is 5.65. The maximum absolute atomic E-state index is 4.19. The van der Waals surface area contributed by atoms with E-state index in [9.17, 15) is 0 Å². The molecular formula is C10H17N3. The molecule has 0 amide bonds. The first-order valence-corrected chi connectivity index (χ1v) is 4.74. The van der Waals surface area contributed by atoms with Crippen molar-refractivity contribution in [3.63, 3.8) is 0 Å². The summed E-state index contributed by atoms with van der Waals surface area (Å²) >= 11 is 0. The van der Waals surface area contributed by atoms with Gasteiger partial charge in [-0.3, -0.25) is 9.97 Å². The van der Waals surface area contributed by atoms with Crippen LogP contribution in [0.5, 0.6) is 0 Å². The Bertz CT molecular complexity index is 221. The van der Waals surface area contributed by atoms with Crippen LogP contribution in [0.15, 0.2) is 18.6 Å². The number of nitrogens with zero attached hydrogens (tertiary/aromatic N) is 2. The van der Waals surface area contributed by atoms with Gasteiger partial charge in [-0.2, -0.15) is 0 Å². The second-order valence-corrected chi connectivity index (χ2v) is 3.54. The predicted octanol–water partition coefficient (Wildman–Crippen LogP) is 1.26. The summed E-state index contributed by atoms with van der Waals surface area (Å²) in [6.45, 7) is 6.46. The second-order valence-electron chi connectivity index (χ2n) is 3.54. The van der Waals surface area contributed by atoms with Crippen LogP contribution in [-0.4, -0.2) is 23.1 Å². The number of aromatic nitrogens is 2. The molecule has 0 atom stereocenters. The fourth-order valence-corrected chi connectivity index (χ4v) is 1.07. The molecule has 3 nitrogen and oxygen atoms in total. The van der Waals surface area contributed by atoms with Crippen molar-refractivity contribution in [3.8, 4) is 0 Å². The lowest BCUT2D eigenvalue weighted by atomic mass is 10.2. The van der Waals surface area contributed by atoms with E-state index in [1.54, 1.807) is 12.4 Å². The molecule has 1 N–H and O–H groups in total. The number of hydrogen-bond acceptors (Lipinski definition) is 3. The fraction of sp³-hybridized carbons (Fsp3) is 0.600. The van der Waals surface area contributed by atoms with Gasteiger partial charge in [-0.15, -0.1) is 0 Å². The third-order valence-electron chi connectivity index (χ3n) is 1.73. The van der Waals surface area contributed by atoms with E-state index < -0.39 is 0 Å². The maximum atomic E-state index is 4.19. The summed E-state index contributed by atoms with van der Waals surface area (Å²) in [4.78, 5) is 8.20. The number of hydrogen-bond donors (Lipinski definition) is 1. The van der Waals surface area contributed by atoms with Crippen LogP contribution in [-0.2, 0) is 6.42 Å². The monoisotopic (exact) mass is 179 g/mol. The molecule has 0 unspecified atom stereocenters.